The molecule has 0 aliphatic carbocycles. The predicted octanol–water partition coefficient (Wildman–Crippen LogP) is 1.60. The van der Waals surface area contributed by atoms with E-state index in [0.29, 0.717) is 17.0 Å². The van der Waals surface area contributed by atoms with Gasteiger partial charge in [0.05, 0.1) is 12.8 Å². The fraction of sp³-hybridized carbons (Fsp3) is 0.222. The highest BCUT2D eigenvalue weighted by Gasteiger charge is 2.06. The van der Waals surface area contributed by atoms with Crippen LogP contribution < -0.4 is 4.74 Å². The lowest BCUT2D eigenvalue weighted by Crippen LogP contribution is -1.95. The highest BCUT2D eigenvalue weighted by molar-refractivity contribution is 6.00. The van der Waals surface area contributed by atoms with E-state index in [-0.39, 0.29) is 5.75 Å². The van der Waals surface area contributed by atoms with E-state index < -0.39 is 0 Å². The number of rotatable bonds is 2. The maximum Gasteiger partial charge on any atom is 0.125 e. The minimum Gasteiger partial charge on any atom is -0.507 e. The number of benzene rings is 1. The van der Waals surface area contributed by atoms with Crippen molar-refractivity contribution in [3.05, 3.63) is 23.8 Å². The largest absolute Gasteiger partial charge is 0.507 e. The minimum atomic E-state index is 0.0658. The van der Waals surface area contributed by atoms with Gasteiger partial charge in [0, 0.05) is 5.56 Å². The van der Waals surface area contributed by atoms with Crippen molar-refractivity contribution in [2.45, 2.75) is 6.92 Å². The molecule has 1 aromatic carbocycles. The third kappa shape index (κ3) is 1.90. The molecule has 0 saturated carbocycles. The Labute approximate surface area is 76.1 Å². The van der Waals surface area contributed by atoms with Crippen molar-refractivity contribution in [3.8, 4) is 11.5 Å². The Morgan fingerprint density at radius 1 is 1.46 bits per heavy atom. The number of oxime groups is 1. The molecule has 0 fully saturated rings. The number of phenols is 1. The molecule has 4 nitrogen and oxygen atoms in total. The normalized spacial score (nSPS) is 11.4. The summed E-state index contributed by atoms with van der Waals surface area (Å²) < 4.78 is 4.96. The molecule has 0 aromatic heterocycles. The lowest BCUT2D eigenvalue weighted by atomic mass is 10.1. The maximum atomic E-state index is 9.38. The van der Waals surface area contributed by atoms with Gasteiger partial charge in [-0.25, -0.2) is 0 Å². The Kier molecular flexibility index (Phi) is 2.74. The average Bonchev–Trinajstić information content (AvgIpc) is 2.17. The van der Waals surface area contributed by atoms with Gasteiger partial charge in [-0.1, -0.05) is 5.16 Å². The first-order valence-electron chi connectivity index (χ1n) is 3.75. The molecule has 0 saturated heterocycles. The summed E-state index contributed by atoms with van der Waals surface area (Å²) >= 11 is 0. The summed E-state index contributed by atoms with van der Waals surface area (Å²) in [5, 5.41) is 20.9. The Morgan fingerprint density at radius 3 is 2.69 bits per heavy atom. The summed E-state index contributed by atoms with van der Waals surface area (Å²) in [6.07, 6.45) is 0. The average molecular weight is 181 g/mol. The monoisotopic (exact) mass is 181 g/mol. The van der Waals surface area contributed by atoms with Gasteiger partial charge in [-0.3, -0.25) is 0 Å². The van der Waals surface area contributed by atoms with E-state index in [1.165, 1.54) is 13.2 Å². The molecule has 70 valence electrons. The third-order valence-electron chi connectivity index (χ3n) is 1.74. The van der Waals surface area contributed by atoms with E-state index in [4.69, 9.17) is 9.94 Å². The van der Waals surface area contributed by atoms with Gasteiger partial charge in [0.1, 0.15) is 11.5 Å². The fourth-order valence-corrected chi connectivity index (χ4v) is 0.986. The van der Waals surface area contributed by atoms with Gasteiger partial charge >= 0.3 is 0 Å². The molecule has 0 amide bonds. The Hall–Kier alpha value is -1.71. The molecule has 0 atom stereocenters. The number of hydrogen-bond acceptors (Lipinski definition) is 4. The van der Waals surface area contributed by atoms with Crippen LogP contribution in [0.15, 0.2) is 23.4 Å². The Balaban J connectivity index is 3.19. The first kappa shape index (κ1) is 9.38. The van der Waals surface area contributed by atoms with Gasteiger partial charge in [-0.15, -0.1) is 0 Å². The standard InChI is InChI=1S/C9H11NO3/c1-6(10-12)8-5-7(13-2)3-4-9(8)11/h3-5,11-12H,1-2H3/b10-6-. The molecule has 0 spiro atoms. The minimum absolute atomic E-state index is 0.0658. The molecular formula is C9H11NO3. The zero-order chi connectivity index (χ0) is 9.84. The maximum absolute atomic E-state index is 9.38. The van der Waals surface area contributed by atoms with Crippen molar-refractivity contribution in [2.75, 3.05) is 7.11 Å². The van der Waals surface area contributed by atoms with Crippen molar-refractivity contribution < 1.29 is 15.1 Å². The summed E-state index contributed by atoms with van der Waals surface area (Å²) in [6.45, 7) is 1.59. The van der Waals surface area contributed by atoms with Crippen LogP contribution in [0.25, 0.3) is 0 Å². The van der Waals surface area contributed by atoms with Gasteiger partial charge in [0.25, 0.3) is 0 Å². The molecule has 0 heterocycles. The van der Waals surface area contributed by atoms with Gasteiger partial charge < -0.3 is 15.1 Å². The van der Waals surface area contributed by atoms with Crippen LogP contribution in [0.2, 0.25) is 0 Å². The van der Waals surface area contributed by atoms with Crippen molar-refractivity contribution in [3.63, 3.8) is 0 Å². The molecule has 0 radical (unpaired) electrons. The quantitative estimate of drug-likeness (QED) is 0.414. The van der Waals surface area contributed by atoms with E-state index in [1.54, 1.807) is 19.1 Å². The van der Waals surface area contributed by atoms with Crippen molar-refractivity contribution >= 4 is 5.71 Å². The highest BCUT2D eigenvalue weighted by Crippen LogP contribution is 2.23. The third-order valence-corrected chi connectivity index (χ3v) is 1.74. The Morgan fingerprint density at radius 2 is 2.15 bits per heavy atom. The molecule has 0 aliphatic rings. The number of phenolic OH excluding ortho intramolecular Hbond substituents is 1. The lowest BCUT2D eigenvalue weighted by Gasteiger charge is -2.05. The van der Waals surface area contributed by atoms with Crippen LogP contribution in [0, 0.1) is 0 Å². The van der Waals surface area contributed by atoms with Gasteiger partial charge in [0.15, 0.2) is 0 Å². The first-order chi connectivity index (χ1) is 6.19. The van der Waals surface area contributed by atoms with Gasteiger partial charge in [0.2, 0.25) is 0 Å². The fourth-order valence-electron chi connectivity index (χ4n) is 0.986. The lowest BCUT2D eigenvalue weighted by molar-refractivity contribution is 0.318. The highest BCUT2D eigenvalue weighted by atomic mass is 16.5. The van der Waals surface area contributed by atoms with Gasteiger partial charge in [-0.2, -0.15) is 0 Å². The van der Waals surface area contributed by atoms with Crippen LogP contribution in [-0.4, -0.2) is 23.1 Å². The van der Waals surface area contributed by atoms with E-state index in [2.05, 4.69) is 5.16 Å². The Bertz CT molecular complexity index is 334. The van der Waals surface area contributed by atoms with E-state index in [9.17, 15) is 5.11 Å². The van der Waals surface area contributed by atoms with E-state index in [0.717, 1.165) is 0 Å². The molecule has 13 heavy (non-hydrogen) atoms. The second-order valence-corrected chi connectivity index (χ2v) is 2.57. The zero-order valence-corrected chi connectivity index (χ0v) is 7.48. The SMILES string of the molecule is COc1ccc(O)c(/C(C)=N\O)c1. The number of aromatic hydroxyl groups is 1. The van der Waals surface area contributed by atoms with E-state index in [1.807, 2.05) is 0 Å². The molecule has 1 aromatic rings. The molecule has 0 aliphatic heterocycles. The van der Waals surface area contributed by atoms with Crippen LogP contribution in [-0.2, 0) is 0 Å². The van der Waals surface area contributed by atoms with E-state index >= 15 is 0 Å². The smallest absolute Gasteiger partial charge is 0.125 e. The van der Waals surface area contributed by atoms with Crippen molar-refractivity contribution in [1.29, 1.82) is 0 Å². The van der Waals surface area contributed by atoms with Crippen molar-refractivity contribution in [2.24, 2.45) is 5.16 Å². The van der Waals surface area contributed by atoms with Crippen LogP contribution in [0.5, 0.6) is 11.5 Å². The first-order valence-corrected chi connectivity index (χ1v) is 3.75. The molecular weight excluding hydrogens is 170 g/mol. The predicted molar refractivity (Wildman–Crippen MR) is 48.7 cm³/mol. The summed E-state index contributed by atoms with van der Waals surface area (Å²) in [7, 11) is 1.53. The molecule has 0 bridgehead atoms. The molecule has 0 unspecified atom stereocenters. The molecule has 4 heteroatoms. The van der Waals surface area contributed by atoms with Crippen LogP contribution in [0.3, 0.4) is 0 Å². The summed E-state index contributed by atoms with van der Waals surface area (Å²) in [6, 6.07) is 4.72. The number of hydrogen-bond donors (Lipinski definition) is 2. The molecule has 2 N–H and O–H groups in total. The summed E-state index contributed by atoms with van der Waals surface area (Å²) in [5.74, 6) is 0.673. The molecule has 1 rings (SSSR count). The van der Waals surface area contributed by atoms with Gasteiger partial charge in [-0.05, 0) is 25.1 Å². The second-order valence-electron chi connectivity index (χ2n) is 2.57. The topological polar surface area (TPSA) is 62.0 Å². The summed E-state index contributed by atoms with van der Waals surface area (Å²) in [5.41, 5.74) is 0.804. The van der Waals surface area contributed by atoms with Crippen LogP contribution in [0.1, 0.15) is 12.5 Å². The zero-order valence-electron chi connectivity index (χ0n) is 7.48. The summed E-state index contributed by atoms with van der Waals surface area (Å²) in [4.78, 5) is 0. The van der Waals surface area contributed by atoms with Crippen LogP contribution >= 0.6 is 0 Å². The van der Waals surface area contributed by atoms with Crippen LogP contribution in [0.4, 0.5) is 0 Å². The second kappa shape index (κ2) is 3.80. The number of methoxy groups -OCH3 is 1. The van der Waals surface area contributed by atoms with Crippen molar-refractivity contribution in [1.82, 2.24) is 0 Å². The number of nitrogens with zero attached hydrogens (tertiary/aromatic N) is 1. The number of ether oxygens (including phenoxy) is 1.